The summed E-state index contributed by atoms with van der Waals surface area (Å²) in [7, 11) is 0. The monoisotopic (exact) mass is 376 g/mol. The van der Waals surface area contributed by atoms with E-state index < -0.39 is 0 Å². The van der Waals surface area contributed by atoms with Crippen LogP contribution in [0.15, 0.2) is 29.2 Å². The molecule has 0 aromatic heterocycles. The molecule has 0 spiro atoms. The second kappa shape index (κ2) is 10.6. The lowest BCUT2D eigenvalue weighted by Gasteiger charge is -2.21. The quantitative estimate of drug-likeness (QED) is 0.667. The fraction of sp³-hybridized carbons (Fsp3) is 0.619. The van der Waals surface area contributed by atoms with Crippen molar-refractivity contribution in [1.82, 2.24) is 10.6 Å². The van der Waals surface area contributed by atoms with E-state index in [1.807, 2.05) is 31.2 Å². The van der Waals surface area contributed by atoms with Gasteiger partial charge in [-0.2, -0.15) is 0 Å². The molecule has 0 saturated heterocycles. The number of amides is 2. The van der Waals surface area contributed by atoms with Crippen molar-refractivity contribution in [3.05, 3.63) is 29.8 Å². The molecule has 0 radical (unpaired) electrons. The van der Waals surface area contributed by atoms with Crippen molar-refractivity contribution in [3.8, 4) is 0 Å². The minimum Gasteiger partial charge on any atom is -0.355 e. The molecule has 0 heterocycles. The van der Waals surface area contributed by atoms with Gasteiger partial charge in [-0.1, -0.05) is 45.2 Å². The number of hydrogen-bond acceptors (Lipinski definition) is 3. The molecule has 0 bridgehead atoms. The van der Waals surface area contributed by atoms with Gasteiger partial charge in [-0.25, -0.2) is 0 Å². The van der Waals surface area contributed by atoms with Gasteiger partial charge in [0.05, 0.1) is 11.3 Å². The van der Waals surface area contributed by atoms with Crippen molar-refractivity contribution < 1.29 is 9.59 Å². The summed E-state index contributed by atoms with van der Waals surface area (Å²) in [6.45, 7) is 6.97. The molecule has 1 aliphatic carbocycles. The van der Waals surface area contributed by atoms with Crippen LogP contribution in [0.5, 0.6) is 0 Å². The normalized spacial score (nSPS) is 16.3. The van der Waals surface area contributed by atoms with Gasteiger partial charge in [-0.05, 0) is 43.7 Å². The van der Waals surface area contributed by atoms with E-state index in [-0.39, 0.29) is 17.9 Å². The number of nitrogens with one attached hydrogen (secondary N) is 2. The molecule has 2 amide bonds. The summed E-state index contributed by atoms with van der Waals surface area (Å²) >= 11 is 1.43. The van der Waals surface area contributed by atoms with E-state index in [0.29, 0.717) is 23.2 Å². The molecule has 1 saturated carbocycles. The molecule has 1 aliphatic rings. The highest BCUT2D eigenvalue weighted by Gasteiger charge is 2.17. The van der Waals surface area contributed by atoms with E-state index >= 15 is 0 Å². The molecule has 1 unspecified atom stereocenters. The molecule has 1 fully saturated rings. The average molecular weight is 377 g/mol. The van der Waals surface area contributed by atoms with Gasteiger partial charge in [-0.3, -0.25) is 9.59 Å². The lowest BCUT2D eigenvalue weighted by Crippen LogP contribution is -2.36. The Hall–Kier alpha value is -1.49. The first-order valence-corrected chi connectivity index (χ1v) is 10.7. The fourth-order valence-electron chi connectivity index (χ4n) is 3.08. The molecule has 1 aromatic rings. The second-order valence-corrected chi connectivity index (χ2v) is 8.62. The van der Waals surface area contributed by atoms with Gasteiger partial charge in [0.2, 0.25) is 5.91 Å². The minimum absolute atomic E-state index is 0.0475. The third-order valence-electron chi connectivity index (χ3n) is 5.16. The van der Waals surface area contributed by atoms with Crippen LogP contribution in [-0.2, 0) is 4.79 Å². The Kier molecular flexibility index (Phi) is 8.49. The van der Waals surface area contributed by atoms with Crippen LogP contribution in [-0.4, -0.2) is 30.2 Å². The Labute approximate surface area is 161 Å². The maximum absolute atomic E-state index is 12.5. The number of rotatable bonds is 8. The number of hydrogen-bond donors (Lipinski definition) is 2. The van der Waals surface area contributed by atoms with Gasteiger partial charge < -0.3 is 10.6 Å². The highest BCUT2D eigenvalue weighted by molar-refractivity contribution is 8.00. The van der Waals surface area contributed by atoms with Gasteiger partial charge in [0.25, 0.3) is 5.91 Å². The Morgan fingerprint density at radius 1 is 1.12 bits per heavy atom. The fourth-order valence-corrected chi connectivity index (χ4v) is 3.95. The van der Waals surface area contributed by atoms with Crippen LogP contribution in [0.25, 0.3) is 0 Å². The highest BCUT2D eigenvalue weighted by Crippen LogP contribution is 2.24. The maximum atomic E-state index is 12.5. The SMILES string of the molecule is CC(C)C(C)NC(=O)c1ccccc1SCC(=O)NCC1CCCCC1. The predicted molar refractivity (Wildman–Crippen MR) is 109 cm³/mol. The zero-order valence-corrected chi connectivity index (χ0v) is 17.0. The van der Waals surface area contributed by atoms with Crippen LogP contribution in [0.2, 0.25) is 0 Å². The average Bonchev–Trinajstić information content (AvgIpc) is 2.65. The van der Waals surface area contributed by atoms with Crippen LogP contribution in [0, 0.1) is 11.8 Å². The molecule has 2 N–H and O–H groups in total. The van der Waals surface area contributed by atoms with E-state index in [4.69, 9.17) is 0 Å². The van der Waals surface area contributed by atoms with Crippen LogP contribution in [0.1, 0.15) is 63.2 Å². The van der Waals surface area contributed by atoms with Gasteiger partial charge in [0, 0.05) is 17.5 Å². The van der Waals surface area contributed by atoms with Gasteiger partial charge in [0.1, 0.15) is 0 Å². The van der Waals surface area contributed by atoms with Crippen LogP contribution in [0.3, 0.4) is 0 Å². The van der Waals surface area contributed by atoms with Crippen molar-refractivity contribution in [2.45, 2.75) is 63.8 Å². The summed E-state index contributed by atoms with van der Waals surface area (Å²) in [6.07, 6.45) is 6.35. The Morgan fingerprint density at radius 3 is 2.50 bits per heavy atom. The van der Waals surface area contributed by atoms with Crippen molar-refractivity contribution in [2.24, 2.45) is 11.8 Å². The number of benzene rings is 1. The highest BCUT2D eigenvalue weighted by atomic mass is 32.2. The van der Waals surface area contributed by atoms with Crippen molar-refractivity contribution in [3.63, 3.8) is 0 Å². The van der Waals surface area contributed by atoms with E-state index in [0.717, 1.165) is 11.4 Å². The lowest BCUT2D eigenvalue weighted by atomic mass is 9.89. The van der Waals surface area contributed by atoms with E-state index in [9.17, 15) is 9.59 Å². The largest absolute Gasteiger partial charge is 0.355 e. The second-order valence-electron chi connectivity index (χ2n) is 7.60. The zero-order chi connectivity index (χ0) is 18.9. The first-order valence-electron chi connectivity index (χ1n) is 9.76. The smallest absolute Gasteiger partial charge is 0.252 e. The lowest BCUT2D eigenvalue weighted by molar-refractivity contribution is -0.118. The summed E-state index contributed by atoms with van der Waals surface area (Å²) < 4.78 is 0. The molecule has 0 aliphatic heterocycles. The Morgan fingerprint density at radius 2 is 1.81 bits per heavy atom. The molecular weight excluding hydrogens is 344 g/mol. The molecule has 26 heavy (non-hydrogen) atoms. The maximum Gasteiger partial charge on any atom is 0.252 e. The Balaban J connectivity index is 1.84. The molecule has 5 heteroatoms. The summed E-state index contributed by atoms with van der Waals surface area (Å²) in [5, 5.41) is 6.10. The molecule has 4 nitrogen and oxygen atoms in total. The van der Waals surface area contributed by atoms with Crippen LogP contribution in [0.4, 0.5) is 0 Å². The van der Waals surface area contributed by atoms with Crippen molar-refractivity contribution in [1.29, 1.82) is 0 Å². The topological polar surface area (TPSA) is 58.2 Å². The molecule has 2 rings (SSSR count). The number of thioether (sulfide) groups is 1. The van der Waals surface area contributed by atoms with Crippen molar-refractivity contribution >= 4 is 23.6 Å². The van der Waals surface area contributed by atoms with Gasteiger partial charge >= 0.3 is 0 Å². The third kappa shape index (κ3) is 6.67. The van der Waals surface area contributed by atoms with Crippen LogP contribution >= 0.6 is 11.8 Å². The first kappa shape index (κ1) is 20.8. The standard InChI is InChI=1S/C21H32N2O2S/c1-15(2)16(3)23-21(25)18-11-7-8-12-19(18)26-14-20(24)22-13-17-9-5-4-6-10-17/h7-8,11-12,15-17H,4-6,9-10,13-14H2,1-3H3,(H,22,24)(H,23,25). The summed E-state index contributed by atoms with van der Waals surface area (Å²) in [5.74, 6) is 1.33. The van der Waals surface area contributed by atoms with E-state index in [2.05, 4.69) is 24.5 Å². The van der Waals surface area contributed by atoms with E-state index in [1.54, 1.807) is 0 Å². The van der Waals surface area contributed by atoms with E-state index in [1.165, 1.54) is 43.9 Å². The summed E-state index contributed by atoms with van der Waals surface area (Å²) in [5.41, 5.74) is 0.644. The predicted octanol–water partition coefficient (Wildman–Crippen LogP) is 4.25. The number of carbonyl (C=O) groups excluding carboxylic acids is 2. The van der Waals surface area contributed by atoms with Crippen LogP contribution < -0.4 is 10.6 Å². The summed E-state index contributed by atoms with van der Waals surface area (Å²) in [6, 6.07) is 7.62. The van der Waals surface area contributed by atoms with Gasteiger partial charge in [-0.15, -0.1) is 11.8 Å². The molecule has 1 atom stereocenters. The van der Waals surface area contributed by atoms with Crippen molar-refractivity contribution in [2.75, 3.05) is 12.3 Å². The first-order chi connectivity index (χ1) is 12.5. The van der Waals surface area contributed by atoms with Gasteiger partial charge in [0.15, 0.2) is 0 Å². The third-order valence-corrected chi connectivity index (χ3v) is 6.24. The summed E-state index contributed by atoms with van der Waals surface area (Å²) in [4.78, 5) is 25.6. The minimum atomic E-state index is -0.0723. The number of carbonyl (C=O) groups is 2. The molecular formula is C21H32N2O2S. The zero-order valence-electron chi connectivity index (χ0n) is 16.2. The molecule has 1 aromatic carbocycles. The Bertz CT molecular complexity index is 597. The molecule has 144 valence electrons.